The van der Waals surface area contributed by atoms with Gasteiger partial charge >= 0.3 is 0 Å². The summed E-state index contributed by atoms with van der Waals surface area (Å²) in [5.74, 6) is 0.0722. The first-order valence-corrected chi connectivity index (χ1v) is 10.1. The summed E-state index contributed by atoms with van der Waals surface area (Å²) >= 11 is 4.79. The van der Waals surface area contributed by atoms with Gasteiger partial charge in [0, 0.05) is 0 Å². The normalized spacial score (nSPS) is 11.1. The van der Waals surface area contributed by atoms with Crippen LogP contribution < -0.4 is 4.90 Å². The van der Waals surface area contributed by atoms with Gasteiger partial charge in [0.05, 0.1) is 16.8 Å². The summed E-state index contributed by atoms with van der Waals surface area (Å²) in [5, 5.41) is 0.667. The topological polar surface area (TPSA) is 46.3 Å². The molecule has 4 nitrogen and oxygen atoms in total. The molecule has 2 heterocycles. The minimum atomic E-state index is -0.210. The van der Waals surface area contributed by atoms with Gasteiger partial charge in [0.1, 0.15) is 0 Å². The molecule has 0 aliphatic heterocycles. The van der Waals surface area contributed by atoms with E-state index in [1.54, 1.807) is 17.0 Å². The smallest absolute Gasteiger partial charge is 0.296 e. The Morgan fingerprint density at radius 1 is 1.11 bits per heavy atom. The first-order chi connectivity index (χ1) is 13.0. The Balaban J connectivity index is 1.79. The molecule has 1 amide bonds. The molecule has 0 bridgehead atoms. The molecule has 0 saturated heterocycles. The molecule has 2 aromatic carbocycles. The zero-order valence-corrected chi connectivity index (χ0v) is 17.3. The summed E-state index contributed by atoms with van der Waals surface area (Å²) < 4.78 is 7.10. The molecule has 0 N–H and O–H groups in total. The quantitative estimate of drug-likeness (QED) is 0.384. The van der Waals surface area contributed by atoms with Crippen LogP contribution in [-0.4, -0.2) is 10.9 Å². The highest BCUT2D eigenvalue weighted by molar-refractivity contribution is 9.10. The van der Waals surface area contributed by atoms with Crippen LogP contribution in [0.2, 0.25) is 0 Å². The third kappa shape index (κ3) is 3.55. The summed E-state index contributed by atoms with van der Waals surface area (Å²) in [6.45, 7) is 4.56. The van der Waals surface area contributed by atoms with Gasteiger partial charge < -0.3 is 4.42 Å². The molecule has 0 fully saturated rings. The second-order valence-corrected chi connectivity index (χ2v) is 8.12. The van der Waals surface area contributed by atoms with Gasteiger partial charge in [-0.25, -0.2) is 4.98 Å². The molecule has 4 rings (SSSR count). The van der Waals surface area contributed by atoms with Gasteiger partial charge in [-0.2, -0.15) is 0 Å². The highest BCUT2D eigenvalue weighted by atomic mass is 79.9. The minimum Gasteiger partial charge on any atom is -0.444 e. The molecular formula is C21H17BrN2O2S. The Kier molecular flexibility index (Phi) is 4.85. The van der Waals surface area contributed by atoms with Gasteiger partial charge in [0.25, 0.3) is 5.91 Å². The molecule has 0 aliphatic carbocycles. The van der Waals surface area contributed by atoms with Gasteiger partial charge in [-0.15, -0.1) is 0 Å². The lowest BCUT2D eigenvalue weighted by molar-refractivity contribution is 0.0957. The molecule has 0 radical (unpaired) electrons. The molecule has 0 saturated carbocycles. The van der Waals surface area contributed by atoms with Crippen molar-refractivity contribution in [2.24, 2.45) is 0 Å². The van der Waals surface area contributed by atoms with E-state index < -0.39 is 0 Å². The summed E-state index contributed by atoms with van der Waals surface area (Å²) in [5.41, 5.74) is 4.31. The Labute approximate surface area is 169 Å². The number of rotatable bonds is 4. The lowest BCUT2D eigenvalue weighted by Gasteiger charge is -2.18. The van der Waals surface area contributed by atoms with E-state index in [0.29, 0.717) is 16.3 Å². The van der Waals surface area contributed by atoms with E-state index >= 15 is 0 Å². The predicted molar refractivity (Wildman–Crippen MR) is 112 cm³/mol. The Morgan fingerprint density at radius 2 is 1.89 bits per heavy atom. The van der Waals surface area contributed by atoms with Crippen LogP contribution in [0, 0.1) is 13.8 Å². The van der Waals surface area contributed by atoms with Crippen LogP contribution in [0.5, 0.6) is 0 Å². The van der Waals surface area contributed by atoms with Gasteiger partial charge in [-0.3, -0.25) is 9.69 Å². The number of hydrogen-bond donors (Lipinski definition) is 0. The van der Waals surface area contributed by atoms with Crippen LogP contribution in [0.3, 0.4) is 0 Å². The first kappa shape index (κ1) is 17.9. The van der Waals surface area contributed by atoms with Crippen molar-refractivity contribution in [3.63, 3.8) is 0 Å². The Hall–Kier alpha value is -2.44. The fourth-order valence-corrected chi connectivity index (χ4v) is 4.21. The van der Waals surface area contributed by atoms with E-state index in [2.05, 4.69) is 41.9 Å². The molecule has 136 valence electrons. The van der Waals surface area contributed by atoms with E-state index in [1.807, 2.05) is 30.3 Å². The third-order valence-electron chi connectivity index (χ3n) is 4.52. The molecule has 6 heteroatoms. The van der Waals surface area contributed by atoms with Crippen molar-refractivity contribution in [1.82, 2.24) is 4.98 Å². The maximum absolute atomic E-state index is 13.2. The number of thiazole rings is 1. The number of aromatic nitrogens is 1. The summed E-state index contributed by atoms with van der Waals surface area (Å²) in [4.78, 5) is 19.6. The van der Waals surface area contributed by atoms with Crippen molar-refractivity contribution in [3.8, 4) is 0 Å². The number of carbonyl (C=O) groups excluding carboxylic acids is 1. The third-order valence-corrected chi connectivity index (χ3v) is 5.99. The van der Waals surface area contributed by atoms with Crippen molar-refractivity contribution in [3.05, 3.63) is 81.7 Å². The van der Waals surface area contributed by atoms with Crippen LogP contribution in [0.15, 0.2) is 63.7 Å². The summed E-state index contributed by atoms with van der Waals surface area (Å²) in [7, 11) is 0. The number of aryl methyl sites for hydroxylation is 2. The zero-order valence-electron chi connectivity index (χ0n) is 14.9. The van der Waals surface area contributed by atoms with Crippen molar-refractivity contribution in [1.29, 1.82) is 0 Å². The van der Waals surface area contributed by atoms with E-state index in [1.165, 1.54) is 16.9 Å². The largest absolute Gasteiger partial charge is 0.444 e. The fraction of sp³-hybridized carbons (Fsp3) is 0.143. The van der Waals surface area contributed by atoms with Crippen molar-refractivity contribution in [2.45, 2.75) is 20.4 Å². The van der Waals surface area contributed by atoms with Crippen LogP contribution >= 0.6 is 27.3 Å². The molecule has 0 atom stereocenters. The number of amides is 1. The maximum atomic E-state index is 13.2. The Morgan fingerprint density at radius 3 is 2.59 bits per heavy atom. The average Bonchev–Trinajstić information content (AvgIpc) is 3.30. The van der Waals surface area contributed by atoms with Gasteiger partial charge in [0.2, 0.25) is 0 Å². The molecule has 2 aromatic heterocycles. The number of furan rings is 1. The fourth-order valence-electron chi connectivity index (χ4n) is 2.88. The molecule has 0 aliphatic rings. The lowest BCUT2D eigenvalue weighted by atomic mass is 10.1. The molecule has 0 unspecified atom stereocenters. The summed E-state index contributed by atoms with van der Waals surface area (Å²) in [6.07, 6.45) is 0. The Bertz CT molecular complexity index is 1120. The highest BCUT2D eigenvalue weighted by Gasteiger charge is 2.24. The minimum absolute atomic E-state index is 0.210. The number of nitrogens with zero attached hydrogens (tertiary/aromatic N) is 2. The molecule has 4 aromatic rings. The second-order valence-electron chi connectivity index (χ2n) is 6.33. The number of anilines is 1. The maximum Gasteiger partial charge on any atom is 0.296 e. The highest BCUT2D eigenvalue weighted by Crippen LogP contribution is 2.33. The number of benzene rings is 2. The first-order valence-electron chi connectivity index (χ1n) is 8.51. The van der Waals surface area contributed by atoms with Crippen LogP contribution in [0.1, 0.15) is 27.2 Å². The number of hydrogen-bond acceptors (Lipinski definition) is 4. The van der Waals surface area contributed by atoms with Crippen molar-refractivity contribution >= 4 is 48.5 Å². The standard InChI is InChI=1S/C21H17BrN2O2S/c1-13-8-10-17-19(14(13)2)23-21(27-17)24(12-15-6-4-3-5-7-15)20(25)16-9-11-18(22)26-16/h3-11H,12H2,1-2H3. The van der Waals surface area contributed by atoms with Crippen LogP contribution in [0.4, 0.5) is 5.13 Å². The summed E-state index contributed by atoms with van der Waals surface area (Å²) in [6, 6.07) is 17.4. The van der Waals surface area contributed by atoms with Gasteiger partial charge in [0.15, 0.2) is 15.6 Å². The SMILES string of the molecule is Cc1ccc2sc(N(Cc3ccccc3)C(=O)c3ccc(Br)o3)nc2c1C. The van der Waals surface area contributed by atoms with Gasteiger partial charge in [-0.1, -0.05) is 47.7 Å². The van der Waals surface area contributed by atoms with E-state index in [9.17, 15) is 4.79 Å². The molecule has 0 spiro atoms. The number of halogens is 1. The zero-order chi connectivity index (χ0) is 19.0. The number of carbonyl (C=O) groups is 1. The molecular weight excluding hydrogens is 424 g/mol. The van der Waals surface area contributed by atoms with E-state index in [0.717, 1.165) is 21.3 Å². The molecule has 27 heavy (non-hydrogen) atoms. The second kappa shape index (κ2) is 7.29. The number of fused-ring (bicyclic) bond motifs is 1. The van der Waals surface area contributed by atoms with Gasteiger partial charge in [-0.05, 0) is 64.7 Å². The van der Waals surface area contributed by atoms with E-state index in [4.69, 9.17) is 9.40 Å². The van der Waals surface area contributed by atoms with Crippen LogP contribution in [0.25, 0.3) is 10.2 Å². The monoisotopic (exact) mass is 440 g/mol. The van der Waals surface area contributed by atoms with E-state index in [-0.39, 0.29) is 11.7 Å². The lowest BCUT2D eigenvalue weighted by Crippen LogP contribution is -2.30. The predicted octanol–water partition coefficient (Wildman–Crippen LogP) is 6.12. The average molecular weight is 441 g/mol. The van der Waals surface area contributed by atoms with Crippen LogP contribution in [-0.2, 0) is 6.54 Å². The van der Waals surface area contributed by atoms with Crippen molar-refractivity contribution in [2.75, 3.05) is 4.90 Å². The van der Waals surface area contributed by atoms with Crippen molar-refractivity contribution < 1.29 is 9.21 Å².